The van der Waals surface area contributed by atoms with Gasteiger partial charge < -0.3 is 34.8 Å². The lowest BCUT2D eigenvalue weighted by atomic mass is 10.1. The van der Waals surface area contributed by atoms with Crippen LogP contribution in [-0.4, -0.2) is 23.2 Å². The summed E-state index contributed by atoms with van der Waals surface area (Å²) >= 11 is 0. The van der Waals surface area contributed by atoms with Gasteiger partial charge in [-0.05, 0) is 37.1 Å². The van der Waals surface area contributed by atoms with Crippen molar-refractivity contribution >= 4 is 22.1 Å². The molecular weight excluding hydrogens is 424 g/mol. The molecule has 2 aromatic carbocycles. The van der Waals surface area contributed by atoms with Crippen molar-refractivity contribution < 1.29 is 18.3 Å². The molecule has 2 heterocycles. The number of fused-ring (bicyclic) bond motifs is 6. The van der Waals surface area contributed by atoms with Gasteiger partial charge in [0.2, 0.25) is 5.95 Å². The Balaban J connectivity index is 1.79. The maximum atomic E-state index is 14.6. The molecule has 0 radical (unpaired) electrons. The van der Waals surface area contributed by atoms with E-state index >= 15 is 0 Å². The SMILES string of the molecule is N=[S-](=N)Cc1cc2cc(c1)OCCCCOc1cc(F)ccc1-c1nc(ncc1F)N2. The fourth-order valence-electron chi connectivity index (χ4n) is 3.20. The average Bonchev–Trinajstić information content (AvgIpc) is 2.71. The quantitative estimate of drug-likeness (QED) is 0.462. The topological polar surface area (TPSA) is 104 Å². The molecule has 1 aliphatic heterocycles. The zero-order chi connectivity index (χ0) is 21.8. The first-order valence-corrected chi connectivity index (χ1v) is 11.0. The maximum Gasteiger partial charge on any atom is 0.227 e. The van der Waals surface area contributed by atoms with Crippen LogP contribution in [0.5, 0.6) is 11.5 Å². The van der Waals surface area contributed by atoms with Gasteiger partial charge in [0, 0.05) is 23.4 Å². The lowest BCUT2D eigenvalue weighted by Crippen LogP contribution is -2.04. The molecule has 0 saturated heterocycles. The third-order valence-corrected chi connectivity index (χ3v) is 5.16. The van der Waals surface area contributed by atoms with Crippen molar-refractivity contribution in [3.05, 3.63) is 59.8 Å². The molecule has 0 unspecified atom stereocenters. The van der Waals surface area contributed by atoms with Crippen LogP contribution >= 0.6 is 0 Å². The molecule has 3 N–H and O–H groups in total. The molecule has 3 aromatic rings. The van der Waals surface area contributed by atoms with E-state index in [2.05, 4.69) is 15.3 Å². The molecule has 0 aliphatic carbocycles. The monoisotopic (exact) mass is 444 g/mol. The minimum absolute atomic E-state index is 0.00568. The summed E-state index contributed by atoms with van der Waals surface area (Å²) in [5, 5.41) is 3.03. The molecule has 31 heavy (non-hydrogen) atoms. The first-order chi connectivity index (χ1) is 15.0. The van der Waals surface area contributed by atoms with Gasteiger partial charge in [-0.15, -0.1) is 0 Å². The fourth-order valence-corrected chi connectivity index (χ4v) is 3.70. The maximum absolute atomic E-state index is 14.6. The van der Waals surface area contributed by atoms with E-state index in [9.17, 15) is 8.78 Å². The zero-order valence-electron chi connectivity index (χ0n) is 16.5. The van der Waals surface area contributed by atoms with E-state index in [4.69, 9.17) is 19.0 Å². The number of hydrogen-bond acceptors (Lipinski definition) is 8. The van der Waals surface area contributed by atoms with Gasteiger partial charge >= 0.3 is 0 Å². The van der Waals surface area contributed by atoms with Gasteiger partial charge in [0.05, 0.1) is 19.4 Å². The summed E-state index contributed by atoms with van der Waals surface area (Å²) in [6.45, 7) is 0.748. The molecule has 0 amide bonds. The summed E-state index contributed by atoms with van der Waals surface area (Å²) in [7, 11) is -1.28. The summed E-state index contributed by atoms with van der Waals surface area (Å²) in [6.07, 6.45) is 2.39. The van der Waals surface area contributed by atoms with Crippen molar-refractivity contribution in [2.75, 3.05) is 18.5 Å². The van der Waals surface area contributed by atoms with Crippen LogP contribution < -0.4 is 14.8 Å². The Kier molecular flexibility index (Phi) is 6.26. The van der Waals surface area contributed by atoms with Gasteiger partial charge in [0.15, 0.2) is 5.82 Å². The lowest BCUT2D eigenvalue weighted by molar-refractivity contribution is 0.266. The normalized spacial score (nSPS) is 13.8. The van der Waals surface area contributed by atoms with Crippen molar-refractivity contribution in [3.63, 3.8) is 0 Å². The van der Waals surface area contributed by atoms with Crippen LogP contribution in [0.1, 0.15) is 18.4 Å². The second-order valence-electron chi connectivity index (χ2n) is 6.96. The summed E-state index contributed by atoms with van der Waals surface area (Å²) < 4.78 is 55.1. The minimum Gasteiger partial charge on any atom is -0.494 e. The highest BCUT2D eigenvalue weighted by Gasteiger charge is 2.16. The Morgan fingerprint density at radius 2 is 1.84 bits per heavy atom. The third-order valence-electron chi connectivity index (χ3n) is 4.54. The molecule has 162 valence electrons. The zero-order valence-corrected chi connectivity index (χ0v) is 17.3. The standard InChI is InChI=1S/C21H20F2N5O2S/c22-14-3-4-17-19(9-14)30-6-2-1-5-29-16-8-13(12-31(24)25)7-15(10-16)27-21-26-11-18(23)20(17)28-21/h3-4,7-11,24-25H,1-2,5-6,12H2,(H,26,27,28)/q-1. The predicted octanol–water partition coefficient (Wildman–Crippen LogP) is 5.36. The van der Waals surface area contributed by atoms with Gasteiger partial charge in [0.1, 0.15) is 23.0 Å². The minimum atomic E-state index is -1.28. The van der Waals surface area contributed by atoms with Crippen LogP contribution in [0.4, 0.5) is 20.4 Å². The lowest BCUT2D eigenvalue weighted by Gasteiger charge is -2.14. The van der Waals surface area contributed by atoms with Crippen LogP contribution in [-0.2, 0) is 16.2 Å². The molecule has 0 fully saturated rings. The fraction of sp³-hybridized carbons (Fsp3) is 0.238. The van der Waals surface area contributed by atoms with E-state index in [-0.39, 0.29) is 23.1 Å². The first-order valence-electron chi connectivity index (χ1n) is 9.60. The van der Waals surface area contributed by atoms with Crippen molar-refractivity contribution in [2.45, 2.75) is 18.6 Å². The van der Waals surface area contributed by atoms with Gasteiger partial charge in [0.25, 0.3) is 0 Å². The number of halogens is 2. The molecule has 10 heteroatoms. The van der Waals surface area contributed by atoms with Crippen LogP contribution in [0.15, 0.2) is 42.6 Å². The number of nitrogens with zero attached hydrogens (tertiary/aromatic N) is 2. The molecule has 0 atom stereocenters. The van der Waals surface area contributed by atoms with Crippen LogP contribution in [0.2, 0.25) is 0 Å². The predicted molar refractivity (Wildman–Crippen MR) is 114 cm³/mol. The molecule has 7 nitrogen and oxygen atoms in total. The first kappa shape index (κ1) is 21.0. The third kappa shape index (κ3) is 5.26. The molecule has 0 spiro atoms. The second-order valence-corrected chi connectivity index (χ2v) is 8.03. The largest absolute Gasteiger partial charge is 0.494 e. The van der Waals surface area contributed by atoms with Crippen molar-refractivity contribution in [1.82, 2.24) is 9.97 Å². The number of anilines is 2. The highest BCUT2D eigenvalue weighted by molar-refractivity contribution is 7.73. The smallest absolute Gasteiger partial charge is 0.227 e. The number of ether oxygens (including phenoxy) is 2. The van der Waals surface area contributed by atoms with Gasteiger partial charge in [-0.2, -0.15) is 0 Å². The molecule has 1 aliphatic rings. The van der Waals surface area contributed by atoms with Crippen LogP contribution in [0.3, 0.4) is 0 Å². The number of rotatable bonds is 2. The second kappa shape index (κ2) is 9.25. The summed E-state index contributed by atoms with van der Waals surface area (Å²) in [4.78, 5) is 8.29. The van der Waals surface area contributed by atoms with Gasteiger partial charge in [-0.25, -0.2) is 18.7 Å². The van der Waals surface area contributed by atoms with Crippen molar-refractivity contribution in [1.29, 1.82) is 9.56 Å². The van der Waals surface area contributed by atoms with Crippen molar-refractivity contribution in [3.8, 4) is 22.8 Å². The summed E-state index contributed by atoms with van der Waals surface area (Å²) in [5.74, 6) is 0.0546. The van der Waals surface area contributed by atoms with E-state index in [1.807, 2.05) is 0 Å². The summed E-state index contributed by atoms with van der Waals surface area (Å²) in [6, 6.07) is 9.23. The molecular formula is C21H20F2N5O2S-. The Labute approximate surface area is 179 Å². The van der Waals surface area contributed by atoms with E-state index in [1.165, 1.54) is 18.2 Å². The number of benzene rings is 2. The number of hydrogen-bond donors (Lipinski definition) is 3. The van der Waals surface area contributed by atoms with Crippen LogP contribution in [0.25, 0.3) is 11.3 Å². The Hall–Kier alpha value is -3.27. The molecule has 4 rings (SSSR count). The van der Waals surface area contributed by atoms with Gasteiger partial charge in [-0.3, -0.25) is 0 Å². The van der Waals surface area contributed by atoms with E-state index in [0.29, 0.717) is 43.1 Å². The highest BCUT2D eigenvalue weighted by atomic mass is 32.2. The van der Waals surface area contributed by atoms with E-state index in [1.54, 1.807) is 18.2 Å². The van der Waals surface area contributed by atoms with E-state index in [0.717, 1.165) is 11.8 Å². The van der Waals surface area contributed by atoms with E-state index < -0.39 is 22.1 Å². The molecule has 0 saturated carbocycles. The van der Waals surface area contributed by atoms with Crippen molar-refractivity contribution in [2.24, 2.45) is 0 Å². The highest BCUT2D eigenvalue weighted by Crippen LogP contribution is 2.33. The Bertz CT molecular complexity index is 1180. The molecule has 4 bridgehead atoms. The number of aromatic nitrogens is 2. The van der Waals surface area contributed by atoms with Crippen LogP contribution in [0, 0.1) is 21.2 Å². The number of nitrogens with one attached hydrogen (secondary N) is 3. The molecule has 1 aromatic heterocycles. The summed E-state index contributed by atoms with van der Waals surface area (Å²) in [5.41, 5.74) is 1.69. The average molecular weight is 444 g/mol. The Morgan fingerprint density at radius 3 is 2.65 bits per heavy atom. The Morgan fingerprint density at radius 1 is 1.03 bits per heavy atom. The van der Waals surface area contributed by atoms with Gasteiger partial charge in [-0.1, -0.05) is 11.3 Å².